The van der Waals surface area contributed by atoms with Crippen molar-refractivity contribution in [3.05, 3.63) is 92.7 Å². The van der Waals surface area contributed by atoms with Crippen LogP contribution in [0.3, 0.4) is 0 Å². The van der Waals surface area contributed by atoms with Gasteiger partial charge in [0.15, 0.2) is 0 Å². The number of halogens is 1. The predicted molar refractivity (Wildman–Crippen MR) is 121 cm³/mol. The highest BCUT2D eigenvalue weighted by atomic mass is 79.9. The Bertz CT molecular complexity index is 1280. The third-order valence-electron chi connectivity index (χ3n) is 4.81. The van der Waals surface area contributed by atoms with Gasteiger partial charge in [-0.2, -0.15) is 9.78 Å². The standard InChI is InChI=1S/C23H21BrN4O/c1-15(2)22-26-20-11-10-17(24)13-19(20)23(29)28(22)25-14-18-8-6-12-27(18)21-9-5-4-7-16(21)3/h4-15H,1-3H3. The summed E-state index contributed by atoms with van der Waals surface area (Å²) in [6.45, 7) is 6.09. The van der Waals surface area contributed by atoms with Crippen LogP contribution in [-0.2, 0) is 0 Å². The highest BCUT2D eigenvalue weighted by molar-refractivity contribution is 9.10. The van der Waals surface area contributed by atoms with Crippen LogP contribution >= 0.6 is 15.9 Å². The fraction of sp³-hybridized carbons (Fsp3) is 0.174. The molecular weight excluding hydrogens is 428 g/mol. The quantitative estimate of drug-likeness (QED) is 0.399. The van der Waals surface area contributed by atoms with Gasteiger partial charge < -0.3 is 4.57 Å². The van der Waals surface area contributed by atoms with Crippen LogP contribution in [0.5, 0.6) is 0 Å². The van der Waals surface area contributed by atoms with Crippen molar-refractivity contribution < 1.29 is 0 Å². The molecule has 0 saturated heterocycles. The van der Waals surface area contributed by atoms with Gasteiger partial charge in [0.05, 0.1) is 22.8 Å². The maximum absolute atomic E-state index is 13.2. The highest BCUT2D eigenvalue weighted by Crippen LogP contribution is 2.19. The van der Waals surface area contributed by atoms with Crippen LogP contribution in [-0.4, -0.2) is 20.4 Å². The van der Waals surface area contributed by atoms with Crippen molar-refractivity contribution >= 4 is 33.0 Å². The van der Waals surface area contributed by atoms with Gasteiger partial charge in [0.2, 0.25) is 0 Å². The third-order valence-corrected chi connectivity index (χ3v) is 5.30. The van der Waals surface area contributed by atoms with Gasteiger partial charge in [-0.3, -0.25) is 4.79 Å². The molecule has 0 spiro atoms. The number of hydrogen-bond donors (Lipinski definition) is 0. The zero-order valence-corrected chi connectivity index (χ0v) is 18.1. The first-order valence-electron chi connectivity index (χ1n) is 9.45. The molecule has 6 heteroatoms. The Morgan fingerprint density at radius 2 is 1.90 bits per heavy atom. The Balaban J connectivity index is 1.85. The van der Waals surface area contributed by atoms with Crippen molar-refractivity contribution in [1.82, 2.24) is 14.2 Å². The molecule has 5 nitrogen and oxygen atoms in total. The molecule has 0 bridgehead atoms. The molecular formula is C23H21BrN4O. The van der Waals surface area contributed by atoms with E-state index >= 15 is 0 Å². The number of aromatic nitrogens is 3. The zero-order chi connectivity index (χ0) is 20.5. The normalized spacial score (nSPS) is 11.8. The Hall–Kier alpha value is -2.99. The first kappa shape index (κ1) is 19.3. The highest BCUT2D eigenvalue weighted by Gasteiger charge is 2.14. The minimum absolute atomic E-state index is 0.0519. The largest absolute Gasteiger partial charge is 0.315 e. The molecule has 0 amide bonds. The topological polar surface area (TPSA) is 52.2 Å². The third kappa shape index (κ3) is 3.68. The summed E-state index contributed by atoms with van der Waals surface area (Å²) >= 11 is 3.43. The molecule has 2 aromatic heterocycles. The number of nitrogens with zero attached hydrogens (tertiary/aromatic N) is 4. The van der Waals surface area contributed by atoms with Crippen molar-refractivity contribution in [3.63, 3.8) is 0 Å². The molecule has 0 aliphatic heterocycles. The molecule has 4 rings (SSSR count). The van der Waals surface area contributed by atoms with E-state index < -0.39 is 0 Å². The molecule has 0 aliphatic carbocycles. The summed E-state index contributed by atoms with van der Waals surface area (Å²) in [7, 11) is 0. The molecule has 0 fully saturated rings. The molecule has 29 heavy (non-hydrogen) atoms. The van der Waals surface area contributed by atoms with Crippen molar-refractivity contribution in [2.45, 2.75) is 26.7 Å². The Morgan fingerprint density at radius 1 is 1.10 bits per heavy atom. The van der Waals surface area contributed by atoms with E-state index in [9.17, 15) is 4.79 Å². The summed E-state index contributed by atoms with van der Waals surface area (Å²) < 4.78 is 4.31. The van der Waals surface area contributed by atoms with E-state index in [1.165, 1.54) is 4.68 Å². The molecule has 0 aliphatic rings. The second kappa shape index (κ2) is 7.79. The summed E-state index contributed by atoms with van der Waals surface area (Å²) in [5, 5.41) is 5.08. The molecule has 4 aromatic rings. The minimum Gasteiger partial charge on any atom is -0.315 e. The monoisotopic (exact) mass is 448 g/mol. The van der Waals surface area contributed by atoms with Crippen molar-refractivity contribution in [2.75, 3.05) is 0 Å². The molecule has 0 unspecified atom stereocenters. The van der Waals surface area contributed by atoms with Gasteiger partial charge in [-0.15, -0.1) is 0 Å². The second-order valence-electron chi connectivity index (χ2n) is 7.24. The van der Waals surface area contributed by atoms with E-state index in [1.54, 1.807) is 12.3 Å². The molecule has 0 saturated carbocycles. The number of rotatable bonds is 4. The first-order chi connectivity index (χ1) is 14.0. The van der Waals surface area contributed by atoms with Gasteiger partial charge >= 0.3 is 0 Å². The van der Waals surface area contributed by atoms with Gasteiger partial charge in [0.1, 0.15) is 5.82 Å². The lowest BCUT2D eigenvalue weighted by molar-refractivity contribution is 0.665. The second-order valence-corrected chi connectivity index (χ2v) is 8.15. The zero-order valence-electron chi connectivity index (χ0n) is 16.5. The summed E-state index contributed by atoms with van der Waals surface area (Å²) in [6.07, 6.45) is 3.71. The molecule has 2 aromatic carbocycles. The van der Waals surface area contributed by atoms with Crippen molar-refractivity contribution in [2.24, 2.45) is 5.10 Å². The molecule has 2 heterocycles. The molecule has 0 radical (unpaired) electrons. The van der Waals surface area contributed by atoms with Crippen LogP contribution < -0.4 is 5.56 Å². The van der Waals surface area contributed by atoms with Gasteiger partial charge in [-0.05, 0) is 48.9 Å². The fourth-order valence-electron chi connectivity index (χ4n) is 3.32. The lowest BCUT2D eigenvalue weighted by Gasteiger charge is -2.12. The summed E-state index contributed by atoms with van der Waals surface area (Å²) in [5.41, 5.74) is 3.63. The van der Waals surface area contributed by atoms with Crippen LogP contribution in [0.15, 0.2) is 75.2 Å². The number of para-hydroxylation sites is 1. The van der Waals surface area contributed by atoms with Gasteiger partial charge in [0.25, 0.3) is 5.56 Å². The Labute approximate surface area is 177 Å². The average molecular weight is 449 g/mol. The Morgan fingerprint density at radius 3 is 2.66 bits per heavy atom. The van der Waals surface area contributed by atoms with Crippen LogP contribution in [0.25, 0.3) is 16.6 Å². The van der Waals surface area contributed by atoms with Gasteiger partial charge in [-0.1, -0.05) is 48.0 Å². The van der Waals surface area contributed by atoms with E-state index in [2.05, 4.69) is 44.7 Å². The number of aryl methyl sites for hydroxylation is 1. The van der Waals surface area contributed by atoms with E-state index in [0.717, 1.165) is 21.4 Å². The SMILES string of the molecule is Cc1ccccc1-n1cccc1C=Nn1c(C(C)C)nc2ccc(Br)cc2c1=O. The lowest BCUT2D eigenvalue weighted by Crippen LogP contribution is -2.23. The van der Waals surface area contributed by atoms with Crippen molar-refractivity contribution in [1.29, 1.82) is 0 Å². The van der Waals surface area contributed by atoms with Crippen LogP contribution in [0.4, 0.5) is 0 Å². The maximum Gasteiger partial charge on any atom is 0.282 e. The smallest absolute Gasteiger partial charge is 0.282 e. The van der Waals surface area contributed by atoms with Crippen molar-refractivity contribution in [3.8, 4) is 5.69 Å². The summed E-state index contributed by atoms with van der Waals surface area (Å²) in [6, 6.07) is 17.6. The van der Waals surface area contributed by atoms with Gasteiger partial charge in [-0.25, -0.2) is 4.98 Å². The summed E-state index contributed by atoms with van der Waals surface area (Å²) in [4.78, 5) is 17.8. The van der Waals surface area contributed by atoms with Crippen LogP contribution in [0.1, 0.15) is 36.8 Å². The maximum atomic E-state index is 13.2. The van der Waals surface area contributed by atoms with Crippen LogP contribution in [0.2, 0.25) is 0 Å². The molecule has 0 N–H and O–H groups in total. The van der Waals surface area contributed by atoms with Crippen LogP contribution in [0, 0.1) is 6.92 Å². The van der Waals surface area contributed by atoms with E-state index in [-0.39, 0.29) is 11.5 Å². The Kier molecular flexibility index (Phi) is 5.20. The number of hydrogen-bond acceptors (Lipinski definition) is 3. The average Bonchev–Trinajstić information content (AvgIpc) is 3.16. The lowest BCUT2D eigenvalue weighted by atomic mass is 10.2. The first-order valence-corrected chi connectivity index (χ1v) is 10.2. The number of benzene rings is 2. The molecule has 0 atom stereocenters. The van der Waals surface area contributed by atoms with E-state index in [4.69, 9.17) is 4.98 Å². The van der Waals surface area contributed by atoms with E-state index in [0.29, 0.717) is 16.7 Å². The predicted octanol–water partition coefficient (Wildman–Crippen LogP) is 5.26. The molecule has 146 valence electrons. The summed E-state index contributed by atoms with van der Waals surface area (Å²) in [5.74, 6) is 0.686. The minimum atomic E-state index is -0.176. The fourth-order valence-corrected chi connectivity index (χ4v) is 3.68. The number of fused-ring (bicyclic) bond motifs is 1. The van der Waals surface area contributed by atoms with Gasteiger partial charge in [0, 0.05) is 22.3 Å². The van der Waals surface area contributed by atoms with E-state index in [1.807, 2.05) is 56.4 Å².